The van der Waals surface area contributed by atoms with E-state index >= 15 is 0 Å². The molecule has 1 rings (SSSR count). The Morgan fingerprint density at radius 2 is 2.31 bits per heavy atom. The van der Waals surface area contributed by atoms with Crippen LogP contribution in [0.15, 0.2) is 12.3 Å². The number of hydrogen-bond acceptors (Lipinski definition) is 6. The summed E-state index contributed by atoms with van der Waals surface area (Å²) in [5.41, 5.74) is 0.343. The van der Waals surface area contributed by atoms with Gasteiger partial charge in [-0.15, -0.1) is 5.10 Å². The van der Waals surface area contributed by atoms with Crippen molar-refractivity contribution in [2.75, 3.05) is 17.3 Å². The predicted octanol–water partition coefficient (Wildman–Crippen LogP) is 0.193. The summed E-state index contributed by atoms with van der Waals surface area (Å²) >= 11 is 0. The minimum atomic E-state index is -3.06. The molecule has 0 amide bonds. The number of rotatable bonds is 4. The lowest BCUT2D eigenvalue weighted by Gasteiger charge is -2.13. The first kappa shape index (κ1) is 12.4. The van der Waals surface area contributed by atoms with E-state index in [9.17, 15) is 8.42 Å². The van der Waals surface area contributed by atoms with Crippen molar-refractivity contribution >= 4 is 15.7 Å². The first-order chi connectivity index (χ1) is 7.42. The molecule has 0 aromatic carbocycles. The third-order valence-corrected chi connectivity index (χ3v) is 2.88. The normalized spacial score (nSPS) is 12.8. The molecule has 0 fully saturated rings. The van der Waals surface area contributed by atoms with Crippen molar-refractivity contribution < 1.29 is 8.42 Å². The number of aromatic nitrogens is 2. The van der Waals surface area contributed by atoms with Gasteiger partial charge in [0.2, 0.25) is 0 Å². The minimum Gasteiger partial charge on any atom is -0.364 e. The highest BCUT2D eigenvalue weighted by atomic mass is 32.2. The highest BCUT2D eigenvalue weighted by Crippen LogP contribution is 2.10. The zero-order valence-corrected chi connectivity index (χ0v) is 9.82. The third-order valence-electron chi connectivity index (χ3n) is 1.78. The number of nitrogens with one attached hydrogen (secondary N) is 1. The Labute approximate surface area is 94.2 Å². The Kier molecular flexibility index (Phi) is 3.79. The molecule has 1 heterocycles. The Bertz CT molecular complexity index is 506. The van der Waals surface area contributed by atoms with Gasteiger partial charge in [0.15, 0.2) is 5.82 Å². The van der Waals surface area contributed by atoms with Gasteiger partial charge in [0.05, 0.1) is 17.5 Å². The summed E-state index contributed by atoms with van der Waals surface area (Å²) in [6.45, 7) is 1.71. The Balaban J connectivity index is 2.78. The largest absolute Gasteiger partial charge is 0.364 e. The summed E-state index contributed by atoms with van der Waals surface area (Å²) < 4.78 is 22.1. The van der Waals surface area contributed by atoms with Crippen molar-refractivity contribution in [3.8, 4) is 6.07 Å². The molecule has 1 aromatic heterocycles. The number of sulfone groups is 1. The van der Waals surface area contributed by atoms with Crippen molar-refractivity contribution in [1.82, 2.24) is 10.2 Å². The molecule has 1 N–H and O–H groups in total. The molecular weight excluding hydrogens is 228 g/mol. The van der Waals surface area contributed by atoms with Crippen molar-refractivity contribution in [2.24, 2.45) is 0 Å². The van der Waals surface area contributed by atoms with Gasteiger partial charge in [-0.3, -0.25) is 0 Å². The van der Waals surface area contributed by atoms with Gasteiger partial charge in [-0.2, -0.15) is 10.4 Å². The molecule has 7 heteroatoms. The fourth-order valence-electron chi connectivity index (χ4n) is 1.26. The van der Waals surface area contributed by atoms with Crippen molar-refractivity contribution in [2.45, 2.75) is 13.0 Å². The van der Waals surface area contributed by atoms with Crippen LogP contribution in [0.2, 0.25) is 0 Å². The van der Waals surface area contributed by atoms with Crippen LogP contribution in [-0.4, -0.2) is 36.7 Å². The quantitative estimate of drug-likeness (QED) is 0.807. The van der Waals surface area contributed by atoms with Crippen LogP contribution in [0.3, 0.4) is 0 Å². The van der Waals surface area contributed by atoms with Gasteiger partial charge in [0, 0.05) is 12.3 Å². The van der Waals surface area contributed by atoms with E-state index < -0.39 is 9.84 Å². The van der Waals surface area contributed by atoms with Crippen LogP contribution in [0.1, 0.15) is 12.5 Å². The maximum absolute atomic E-state index is 11.0. The number of hydrogen-bond donors (Lipinski definition) is 1. The molecule has 0 bridgehead atoms. The second kappa shape index (κ2) is 4.90. The molecule has 16 heavy (non-hydrogen) atoms. The first-order valence-corrected chi connectivity index (χ1v) is 6.64. The van der Waals surface area contributed by atoms with Crippen molar-refractivity contribution in [1.29, 1.82) is 5.26 Å². The lowest BCUT2D eigenvalue weighted by Crippen LogP contribution is -2.26. The summed E-state index contributed by atoms with van der Waals surface area (Å²) in [4.78, 5) is 0. The molecule has 0 spiro atoms. The van der Waals surface area contributed by atoms with Crippen LogP contribution in [-0.2, 0) is 9.84 Å². The molecule has 0 saturated heterocycles. The molecule has 0 saturated carbocycles. The van der Waals surface area contributed by atoms with Crippen LogP contribution in [0.4, 0.5) is 5.82 Å². The maximum atomic E-state index is 11.0. The molecule has 1 atom stereocenters. The monoisotopic (exact) mass is 240 g/mol. The van der Waals surface area contributed by atoms with Crippen LogP contribution < -0.4 is 5.32 Å². The molecule has 0 aliphatic heterocycles. The van der Waals surface area contributed by atoms with Crippen molar-refractivity contribution in [3.05, 3.63) is 17.8 Å². The fraction of sp³-hybridized carbons (Fsp3) is 0.444. The molecule has 6 nitrogen and oxygen atoms in total. The van der Waals surface area contributed by atoms with Crippen molar-refractivity contribution in [3.63, 3.8) is 0 Å². The van der Waals surface area contributed by atoms with Gasteiger partial charge in [-0.1, -0.05) is 0 Å². The van der Waals surface area contributed by atoms with Crippen LogP contribution in [0.5, 0.6) is 0 Å². The Morgan fingerprint density at radius 3 is 2.88 bits per heavy atom. The van der Waals surface area contributed by atoms with Crippen LogP contribution in [0, 0.1) is 11.3 Å². The van der Waals surface area contributed by atoms with E-state index in [-0.39, 0.29) is 11.8 Å². The minimum absolute atomic E-state index is 0.0194. The first-order valence-electron chi connectivity index (χ1n) is 4.58. The van der Waals surface area contributed by atoms with Crippen LogP contribution in [0.25, 0.3) is 0 Å². The Morgan fingerprint density at radius 1 is 1.62 bits per heavy atom. The van der Waals surface area contributed by atoms with E-state index in [0.717, 1.165) is 6.26 Å². The lowest BCUT2D eigenvalue weighted by atomic mass is 10.3. The van der Waals surface area contributed by atoms with Gasteiger partial charge in [0.25, 0.3) is 0 Å². The molecule has 0 aliphatic carbocycles. The molecule has 0 radical (unpaired) electrons. The topological polar surface area (TPSA) is 95.7 Å². The smallest absolute Gasteiger partial charge is 0.166 e. The summed E-state index contributed by atoms with van der Waals surface area (Å²) in [7, 11) is -3.06. The standard InChI is InChI=1S/C9H12N4O2S/c1-7(6-16(2,14)15)12-9-8(5-10)3-4-11-13-9/h3-4,7H,6H2,1-2H3,(H,12,13). The number of anilines is 1. The summed E-state index contributed by atoms with van der Waals surface area (Å²) in [6.07, 6.45) is 2.57. The summed E-state index contributed by atoms with van der Waals surface area (Å²) in [5.74, 6) is 0.287. The SMILES string of the molecule is CC(CS(C)(=O)=O)Nc1nnccc1C#N. The maximum Gasteiger partial charge on any atom is 0.166 e. The second-order valence-electron chi connectivity index (χ2n) is 3.54. The molecule has 1 aromatic rings. The van der Waals surface area contributed by atoms with Gasteiger partial charge in [-0.05, 0) is 13.0 Å². The predicted molar refractivity (Wildman–Crippen MR) is 59.5 cm³/mol. The molecule has 86 valence electrons. The highest BCUT2D eigenvalue weighted by Gasteiger charge is 2.12. The zero-order valence-electron chi connectivity index (χ0n) is 9.01. The van der Waals surface area contributed by atoms with E-state index in [0.29, 0.717) is 11.4 Å². The van der Waals surface area contributed by atoms with Gasteiger partial charge in [0.1, 0.15) is 15.9 Å². The Hall–Kier alpha value is -1.68. The van der Waals surface area contributed by atoms with Gasteiger partial charge >= 0.3 is 0 Å². The summed E-state index contributed by atoms with van der Waals surface area (Å²) in [5, 5.41) is 19.0. The third kappa shape index (κ3) is 3.82. The van der Waals surface area contributed by atoms with E-state index in [1.807, 2.05) is 6.07 Å². The van der Waals surface area contributed by atoms with E-state index in [4.69, 9.17) is 5.26 Å². The average Bonchev–Trinajstić information content (AvgIpc) is 2.15. The molecule has 1 unspecified atom stereocenters. The molecular formula is C9H12N4O2S. The number of nitrogens with zero attached hydrogens (tertiary/aromatic N) is 3. The fourth-order valence-corrected chi connectivity index (χ4v) is 2.25. The van der Waals surface area contributed by atoms with E-state index in [1.165, 1.54) is 12.3 Å². The van der Waals surface area contributed by atoms with E-state index in [1.54, 1.807) is 6.92 Å². The number of nitriles is 1. The zero-order chi connectivity index (χ0) is 12.2. The van der Waals surface area contributed by atoms with E-state index in [2.05, 4.69) is 15.5 Å². The average molecular weight is 240 g/mol. The lowest BCUT2D eigenvalue weighted by molar-refractivity contribution is 0.598. The van der Waals surface area contributed by atoms with Gasteiger partial charge < -0.3 is 5.32 Å². The van der Waals surface area contributed by atoms with Crippen LogP contribution >= 0.6 is 0 Å². The highest BCUT2D eigenvalue weighted by molar-refractivity contribution is 7.90. The van der Waals surface area contributed by atoms with Gasteiger partial charge in [-0.25, -0.2) is 8.42 Å². The summed E-state index contributed by atoms with van der Waals surface area (Å²) in [6, 6.07) is 3.15. The molecule has 0 aliphatic rings. The second-order valence-corrected chi connectivity index (χ2v) is 5.73.